The van der Waals surface area contributed by atoms with Crippen molar-refractivity contribution in [2.24, 2.45) is 16.7 Å². The molecular formula is C43H45ClN6O6. The predicted octanol–water partition coefficient (Wildman–Crippen LogP) is 5.44. The Morgan fingerprint density at radius 1 is 0.911 bits per heavy atom. The Bertz CT molecular complexity index is 2140. The Morgan fingerprint density at radius 3 is 2.11 bits per heavy atom. The SMILES string of the molecule is [C-]#[N+]c1ccc(OC2C(C)(C)C(NC(=O)c3ccc(N4CCN(CC5Cc6cc7c(cc6C5)C(=O)N([C@@H]5CCC(=O)NC5=O)C7=O)CC4)cc3)C2(C)C)cc1Cl. The number of fused-ring (bicyclic) bond motifs is 2. The fourth-order valence-electron chi connectivity index (χ4n) is 9.99. The molecule has 3 aromatic carbocycles. The van der Waals surface area contributed by atoms with Gasteiger partial charge in [-0.15, -0.1) is 0 Å². The van der Waals surface area contributed by atoms with E-state index in [4.69, 9.17) is 22.9 Å². The number of halogens is 1. The van der Waals surface area contributed by atoms with Crippen molar-refractivity contribution in [1.29, 1.82) is 0 Å². The molecule has 56 heavy (non-hydrogen) atoms. The Hall–Kier alpha value is -5.25. The van der Waals surface area contributed by atoms with Crippen LogP contribution in [0.4, 0.5) is 11.4 Å². The summed E-state index contributed by atoms with van der Waals surface area (Å²) in [6.45, 7) is 20.0. The first-order chi connectivity index (χ1) is 26.6. The first-order valence-electron chi connectivity index (χ1n) is 19.2. The Morgan fingerprint density at radius 2 is 1.54 bits per heavy atom. The Kier molecular flexibility index (Phi) is 9.45. The van der Waals surface area contributed by atoms with Gasteiger partial charge in [0.1, 0.15) is 17.9 Å². The average molecular weight is 777 g/mol. The van der Waals surface area contributed by atoms with Gasteiger partial charge in [0.2, 0.25) is 17.5 Å². The lowest BCUT2D eigenvalue weighted by molar-refractivity contribution is -0.164. The van der Waals surface area contributed by atoms with Crippen molar-refractivity contribution in [1.82, 2.24) is 20.4 Å². The summed E-state index contributed by atoms with van der Waals surface area (Å²) in [5.41, 5.74) is 4.19. The molecule has 0 spiro atoms. The minimum absolute atomic E-state index is 0.0962. The van der Waals surface area contributed by atoms with E-state index >= 15 is 0 Å². The number of hydrogen-bond donors (Lipinski definition) is 2. The van der Waals surface area contributed by atoms with E-state index in [0.29, 0.717) is 39.1 Å². The number of piperazine rings is 1. The van der Waals surface area contributed by atoms with Gasteiger partial charge in [-0.2, -0.15) is 0 Å². The molecular weight excluding hydrogens is 732 g/mol. The van der Waals surface area contributed by atoms with Gasteiger partial charge >= 0.3 is 0 Å². The minimum Gasteiger partial charge on any atom is -0.489 e. The molecule has 13 heteroatoms. The van der Waals surface area contributed by atoms with Crippen LogP contribution in [0.3, 0.4) is 0 Å². The molecule has 0 radical (unpaired) electrons. The number of carbonyl (C=O) groups is 5. The molecule has 0 unspecified atom stereocenters. The van der Waals surface area contributed by atoms with Gasteiger partial charge in [-0.25, -0.2) is 4.85 Å². The van der Waals surface area contributed by atoms with Crippen LogP contribution in [-0.2, 0) is 22.4 Å². The van der Waals surface area contributed by atoms with Crippen LogP contribution < -0.4 is 20.3 Å². The highest BCUT2D eigenvalue weighted by Gasteiger charge is 2.64. The summed E-state index contributed by atoms with van der Waals surface area (Å²) in [4.78, 5) is 73.4. The van der Waals surface area contributed by atoms with Gasteiger partial charge in [-0.3, -0.25) is 39.1 Å². The molecule has 5 aliphatic rings. The number of amides is 5. The Balaban J connectivity index is 0.822. The number of anilines is 1. The lowest BCUT2D eigenvalue weighted by Gasteiger charge is -2.63. The molecule has 0 bridgehead atoms. The maximum absolute atomic E-state index is 13.5. The molecule has 3 aromatic rings. The van der Waals surface area contributed by atoms with Gasteiger partial charge in [-0.1, -0.05) is 45.4 Å². The molecule has 2 saturated heterocycles. The van der Waals surface area contributed by atoms with Crippen LogP contribution in [0, 0.1) is 23.3 Å². The topological polar surface area (TPSA) is 133 Å². The molecule has 1 atom stereocenters. The summed E-state index contributed by atoms with van der Waals surface area (Å²) >= 11 is 6.25. The third-order valence-corrected chi connectivity index (χ3v) is 12.9. The van der Waals surface area contributed by atoms with Crippen LogP contribution in [-0.4, -0.2) is 90.2 Å². The van der Waals surface area contributed by atoms with E-state index in [1.54, 1.807) is 18.2 Å². The molecule has 12 nitrogen and oxygen atoms in total. The number of ether oxygens (including phenoxy) is 1. The number of carbonyl (C=O) groups excluding carboxylic acids is 5. The maximum Gasteiger partial charge on any atom is 0.262 e. The molecule has 8 rings (SSSR count). The molecule has 1 saturated carbocycles. The first kappa shape index (κ1) is 37.7. The third-order valence-electron chi connectivity index (χ3n) is 12.6. The van der Waals surface area contributed by atoms with Crippen molar-refractivity contribution < 1.29 is 28.7 Å². The highest BCUT2D eigenvalue weighted by Crippen LogP contribution is 2.55. The summed E-state index contributed by atoms with van der Waals surface area (Å²) < 4.78 is 6.38. The van der Waals surface area contributed by atoms with Gasteiger partial charge in [-0.05, 0) is 84.8 Å². The summed E-state index contributed by atoms with van der Waals surface area (Å²) in [5, 5.41) is 5.88. The van der Waals surface area contributed by atoms with Crippen LogP contribution in [0.2, 0.25) is 5.02 Å². The van der Waals surface area contributed by atoms with E-state index in [9.17, 15) is 24.0 Å². The van der Waals surface area contributed by atoms with E-state index in [0.717, 1.165) is 67.3 Å². The number of nitrogens with zero attached hydrogens (tertiary/aromatic N) is 4. The number of piperidine rings is 1. The van der Waals surface area contributed by atoms with Crippen molar-refractivity contribution in [3.05, 3.63) is 98.9 Å². The van der Waals surface area contributed by atoms with Crippen LogP contribution in [0.25, 0.3) is 4.85 Å². The van der Waals surface area contributed by atoms with Gasteiger partial charge < -0.3 is 15.0 Å². The quantitative estimate of drug-likeness (QED) is 0.229. The standard InChI is InChI=1S/C43H45ClN6O6/c1-42(2)40(43(3,4)41(42)56-29-10-11-33(45-5)32(44)22-29)47-36(52)25-6-8-28(9-7-25)49-16-14-48(15-17-49)23-24-18-26-20-30-31(21-27(26)19-24)39(55)50(38(30)54)34-12-13-35(51)46-37(34)53/h6-11,20-22,24,34,40-41H,12-19,23H2,1-4H3,(H,47,52)(H,46,51,53)/t34-,40?,41?/m1/s1. The smallest absolute Gasteiger partial charge is 0.262 e. The molecule has 0 aromatic heterocycles. The highest BCUT2D eigenvalue weighted by molar-refractivity contribution is 6.33. The van der Waals surface area contributed by atoms with E-state index in [1.807, 2.05) is 36.4 Å². The van der Waals surface area contributed by atoms with Crippen LogP contribution >= 0.6 is 11.6 Å². The normalized spacial score (nSPS) is 24.2. The number of rotatable bonds is 8. The fraction of sp³-hybridized carbons (Fsp3) is 0.442. The van der Waals surface area contributed by atoms with Gasteiger partial charge in [0.15, 0.2) is 0 Å². The number of benzene rings is 3. The van der Waals surface area contributed by atoms with Gasteiger partial charge in [0.25, 0.3) is 17.7 Å². The fourth-order valence-corrected chi connectivity index (χ4v) is 10.2. The minimum atomic E-state index is -0.962. The molecule has 3 heterocycles. The summed E-state index contributed by atoms with van der Waals surface area (Å²) in [5.74, 6) is -1.07. The lowest BCUT2D eigenvalue weighted by atomic mass is 9.49. The van der Waals surface area contributed by atoms with Gasteiger partial charge in [0.05, 0.1) is 22.7 Å². The monoisotopic (exact) mass is 776 g/mol. The molecule has 3 aliphatic heterocycles. The van der Waals surface area contributed by atoms with Crippen molar-refractivity contribution in [3.8, 4) is 5.75 Å². The van der Waals surface area contributed by atoms with Crippen molar-refractivity contribution in [2.45, 2.75) is 71.6 Å². The van der Waals surface area contributed by atoms with E-state index in [-0.39, 0.29) is 47.6 Å². The van der Waals surface area contributed by atoms with Crippen LogP contribution in [0.5, 0.6) is 5.75 Å². The molecule has 3 fully saturated rings. The highest BCUT2D eigenvalue weighted by atomic mass is 35.5. The van der Waals surface area contributed by atoms with Crippen molar-refractivity contribution in [3.63, 3.8) is 0 Å². The number of imide groups is 2. The Labute approximate surface area is 331 Å². The van der Waals surface area contributed by atoms with Crippen LogP contribution in [0.1, 0.15) is 82.7 Å². The zero-order chi connectivity index (χ0) is 39.7. The predicted molar refractivity (Wildman–Crippen MR) is 210 cm³/mol. The van der Waals surface area contributed by atoms with Crippen molar-refractivity contribution >= 4 is 52.5 Å². The zero-order valence-corrected chi connectivity index (χ0v) is 32.7. The molecule has 290 valence electrons. The van der Waals surface area contributed by atoms with E-state index in [1.165, 1.54) is 0 Å². The largest absolute Gasteiger partial charge is 0.489 e. The third kappa shape index (κ3) is 6.50. The summed E-state index contributed by atoms with van der Waals surface area (Å²) in [7, 11) is 0. The summed E-state index contributed by atoms with van der Waals surface area (Å²) in [6.07, 6.45) is 1.70. The van der Waals surface area contributed by atoms with Gasteiger partial charge in [0, 0.05) is 67.3 Å². The first-order valence-corrected chi connectivity index (χ1v) is 19.6. The zero-order valence-electron chi connectivity index (χ0n) is 32.0. The second-order valence-electron chi connectivity index (χ2n) is 17.0. The maximum atomic E-state index is 13.5. The van der Waals surface area contributed by atoms with Crippen LogP contribution in [0.15, 0.2) is 54.6 Å². The number of hydrogen-bond acceptors (Lipinski definition) is 8. The summed E-state index contributed by atoms with van der Waals surface area (Å²) in [6, 6.07) is 15.5. The second-order valence-corrected chi connectivity index (χ2v) is 17.4. The molecule has 2 N–H and O–H groups in total. The molecule has 2 aliphatic carbocycles. The molecule has 5 amide bonds. The number of nitrogens with one attached hydrogen (secondary N) is 2. The average Bonchev–Trinajstić information content (AvgIpc) is 3.67. The lowest BCUT2D eigenvalue weighted by Crippen LogP contribution is -2.74. The van der Waals surface area contributed by atoms with E-state index in [2.05, 4.69) is 53.0 Å². The van der Waals surface area contributed by atoms with E-state index < -0.39 is 23.8 Å². The second kappa shape index (κ2) is 14.0. The van der Waals surface area contributed by atoms with Crippen molar-refractivity contribution in [2.75, 3.05) is 37.6 Å².